The topological polar surface area (TPSA) is 53.4 Å². The standard InChI is InChI=1S/C13H12N2O3/c16-12(6-15-5-4-14-8-15)10-2-1-3-13-11(10)7-17-9-18-13/h1-5,8H,6-7,9H2. The van der Waals surface area contributed by atoms with Crippen LogP contribution in [0.25, 0.3) is 0 Å². The molecule has 0 bridgehead atoms. The van der Waals surface area contributed by atoms with Gasteiger partial charge >= 0.3 is 0 Å². The van der Waals surface area contributed by atoms with Crippen molar-refractivity contribution in [2.75, 3.05) is 6.79 Å². The molecule has 5 heteroatoms. The number of rotatable bonds is 3. The summed E-state index contributed by atoms with van der Waals surface area (Å²) in [5.74, 6) is 0.761. The number of hydrogen-bond donors (Lipinski definition) is 0. The molecule has 3 rings (SSSR count). The highest BCUT2D eigenvalue weighted by atomic mass is 16.7. The number of carbonyl (C=O) groups is 1. The van der Waals surface area contributed by atoms with E-state index in [0.717, 1.165) is 11.3 Å². The summed E-state index contributed by atoms with van der Waals surface area (Å²) in [5, 5.41) is 0. The number of Topliss-reactive ketones (excluding diaryl/α,β-unsaturated/α-hetero) is 1. The molecule has 0 radical (unpaired) electrons. The van der Waals surface area contributed by atoms with E-state index in [0.29, 0.717) is 12.2 Å². The third-order valence-corrected chi connectivity index (χ3v) is 2.86. The van der Waals surface area contributed by atoms with Crippen LogP contribution in [0.1, 0.15) is 15.9 Å². The summed E-state index contributed by atoms with van der Waals surface area (Å²) in [5.41, 5.74) is 1.48. The van der Waals surface area contributed by atoms with Gasteiger partial charge in [0.2, 0.25) is 0 Å². The fourth-order valence-electron chi connectivity index (χ4n) is 1.99. The van der Waals surface area contributed by atoms with Gasteiger partial charge in [0.15, 0.2) is 12.6 Å². The predicted molar refractivity (Wildman–Crippen MR) is 63.3 cm³/mol. The molecule has 0 amide bonds. The van der Waals surface area contributed by atoms with E-state index in [1.165, 1.54) is 0 Å². The molecule has 92 valence electrons. The maximum Gasteiger partial charge on any atom is 0.189 e. The average Bonchev–Trinajstić information content (AvgIpc) is 2.91. The average molecular weight is 244 g/mol. The summed E-state index contributed by atoms with van der Waals surface area (Å²) in [6.45, 7) is 0.934. The van der Waals surface area contributed by atoms with Gasteiger partial charge in [-0.25, -0.2) is 4.98 Å². The van der Waals surface area contributed by atoms with Crippen LogP contribution >= 0.6 is 0 Å². The lowest BCUT2D eigenvalue weighted by Gasteiger charge is -2.19. The maximum atomic E-state index is 12.2. The molecule has 0 aliphatic carbocycles. The molecule has 2 heterocycles. The van der Waals surface area contributed by atoms with Crippen molar-refractivity contribution in [3.63, 3.8) is 0 Å². The van der Waals surface area contributed by atoms with Crippen molar-refractivity contribution in [1.82, 2.24) is 9.55 Å². The van der Waals surface area contributed by atoms with Crippen LogP contribution in [-0.4, -0.2) is 22.1 Å². The summed E-state index contributed by atoms with van der Waals surface area (Å²) < 4.78 is 12.3. The Morgan fingerprint density at radius 3 is 3.22 bits per heavy atom. The third-order valence-electron chi connectivity index (χ3n) is 2.86. The lowest BCUT2D eigenvalue weighted by Crippen LogP contribution is -2.17. The molecule has 18 heavy (non-hydrogen) atoms. The van der Waals surface area contributed by atoms with E-state index < -0.39 is 0 Å². The van der Waals surface area contributed by atoms with E-state index in [1.807, 2.05) is 12.1 Å². The van der Waals surface area contributed by atoms with Crippen LogP contribution < -0.4 is 4.74 Å². The number of hydrogen-bond acceptors (Lipinski definition) is 4. The second-order valence-electron chi connectivity index (χ2n) is 4.05. The smallest absolute Gasteiger partial charge is 0.189 e. The van der Waals surface area contributed by atoms with Crippen LogP contribution in [0.2, 0.25) is 0 Å². The number of aromatic nitrogens is 2. The molecule has 0 spiro atoms. The quantitative estimate of drug-likeness (QED) is 0.770. The highest BCUT2D eigenvalue weighted by molar-refractivity contribution is 5.97. The van der Waals surface area contributed by atoms with Crippen LogP contribution in [0.3, 0.4) is 0 Å². The third kappa shape index (κ3) is 2.00. The Morgan fingerprint density at radius 2 is 2.39 bits per heavy atom. The summed E-state index contributed by atoms with van der Waals surface area (Å²) in [6.07, 6.45) is 5.04. The molecule has 0 fully saturated rings. The summed E-state index contributed by atoms with van der Waals surface area (Å²) >= 11 is 0. The van der Waals surface area contributed by atoms with Gasteiger partial charge in [0, 0.05) is 23.5 Å². The molecule has 5 nitrogen and oxygen atoms in total. The first kappa shape index (κ1) is 11.0. The zero-order valence-corrected chi connectivity index (χ0v) is 9.70. The molecule has 0 saturated carbocycles. The van der Waals surface area contributed by atoms with E-state index in [4.69, 9.17) is 9.47 Å². The first-order chi connectivity index (χ1) is 8.84. The van der Waals surface area contributed by atoms with Crippen molar-refractivity contribution in [3.05, 3.63) is 48.0 Å². The van der Waals surface area contributed by atoms with Gasteiger partial charge in [0.1, 0.15) is 5.75 Å². The van der Waals surface area contributed by atoms with Crippen molar-refractivity contribution in [1.29, 1.82) is 0 Å². The van der Waals surface area contributed by atoms with Gasteiger partial charge in [-0.2, -0.15) is 0 Å². The number of carbonyl (C=O) groups excluding carboxylic acids is 1. The fourth-order valence-corrected chi connectivity index (χ4v) is 1.99. The second kappa shape index (κ2) is 4.62. The predicted octanol–water partition coefficient (Wildman–Crippen LogP) is 1.63. The molecular formula is C13H12N2O3. The van der Waals surface area contributed by atoms with Crippen LogP contribution in [0.15, 0.2) is 36.9 Å². The molecular weight excluding hydrogens is 232 g/mol. The number of ketones is 1. The second-order valence-corrected chi connectivity index (χ2v) is 4.05. The Kier molecular flexibility index (Phi) is 2.82. The van der Waals surface area contributed by atoms with Crippen molar-refractivity contribution < 1.29 is 14.3 Å². The van der Waals surface area contributed by atoms with E-state index in [-0.39, 0.29) is 19.1 Å². The van der Waals surface area contributed by atoms with Crippen LogP contribution in [-0.2, 0) is 17.9 Å². The number of ether oxygens (including phenoxy) is 2. The van der Waals surface area contributed by atoms with Gasteiger partial charge in [0.05, 0.1) is 19.5 Å². The van der Waals surface area contributed by atoms with Gasteiger partial charge < -0.3 is 14.0 Å². The minimum absolute atomic E-state index is 0.0268. The number of fused-ring (bicyclic) bond motifs is 1. The number of nitrogens with zero attached hydrogens (tertiary/aromatic N) is 2. The van der Waals surface area contributed by atoms with Crippen molar-refractivity contribution in [3.8, 4) is 5.75 Å². The molecule has 1 aromatic heterocycles. The number of benzene rings is 1. The monoisotopic (exact) mass is 244 g/mol. The summed E-state index contributed by atoms with van der Waals surface area (Å²) in [6, 6.07) is 5.48. The number of imidazole rings is 1. The van der Waals surface area contributed by atoms with E-state index in [9.17, 15) is 4.79 Å². The lowest BCUT2D eigenvalue weighted by molar-refractivity contribution is -0.0167. The van der Waals surface area contributed by atoms with Crippen molar-refractivity contribution in [2.45, 2.75) is 13.2 Å². The Morgan fingerprint density at radius 1 is 1.44 bits per heavy atom. The molecule has 0 N–H and O–H groups in total. The van der Waals surface area contributed by atoms with Crippen LogP contribution in [0.5, 0.6) is 5.75 Å². The molecule has 0 unspecified atom stereocenters. The first-order valence-corrected chi connectivity index (χ1v) is 5.66. The van der Waals surface area contributed by atoms with Gasteiger partial charge in [-0.3, -0.25) is 4.79 Å². The highest BCUT2D eigenvalue weighted by Gasteiger charge is 2.18. The lowest BCUT2D eigenvalue weighted by atomic mass is 10.0. The van der Waals surface area contributed by atoms with Crippen molar-refractivity contribution >= 4 is 5.78 Å². The highest BCUT2D eigenvalue weighted by Crippen LogP contribution is 2.27. The Bertz CT molecular complexity index is 564. The molecule has 1 aliphatic heterocycles. The molecule has 0 atom stereocenters. The van der Waals surface area contributed by atoms with Crippen molar-refractivity contribution in [2.24, 2.45) is 0 Å². The maximum absolute atomic E-state index is 12.2. The fraction of sp³-hybridized carbons (Fsp3) is 0.231. The molecule has 2 aromatic rings. The summed E-state index contributed by atoms with van der Waals surface area (Å²) in [4.78, 5) is 16.1. The van der Waals surface area contributed by atoms with Gasteiger partial charge in [-0.05, 0) is 6.07 Å². The molecule has 1 aromatic carbocycles. The van der Waals surface area contributed by atoms with Gasteiger partial charge in [0.25, 0.3) is 0 Å². The van der Waals surface area contributed by atoms with E-state index >= 15 is 0 Å². The first-order valence-electron chi connectivity index (χ1n) is 5.66. The summed E-state index contributed by atoms with van der Waals surface area (Å²) in [7, 11) is 0. The van der Waals surface area contributed by atoms with Gasteiger partial charge in [-0.1, -0.05) is 12.1 Å². The Labute approximate surface area is 104 Å². The normalized spacial score (nSPS) is 13.8. The largest absolute Gasteiger partial charge is 0.467 e. The van der Waals surface area contributed by atoms with Gasteiger partial charge in [-0.15, -0.1) is 0 Å². The Balaban J connectivity index is 1.89. The zero-order valence-electron chi connectivity index (χ0n) is 9.70. The minimum atomic E-state index is 0.0268. The van der Waals surface area contributed by atoms with E-state index in [1.54, 1.807) is 29.4 Å². The van der Waals surface area contributed by atoms with E-state index in [2.05, 4.69) is 4.98 Å². The zero-order chi connectivity index (χ0) is 12.4. The SMILES string of the molecule is O=C(Cn1ccnc1)c1cccc2c1COCO2. The molecule has 0 saturated heterocycles. The van der Waals surface area contributed by atoms with Crippen LogP contribution in [0, 0.1) is 0 Å². The Hall–Kier alpha value is -2.14. The van der Waals surface area contributed by atoms with Crippen LogP contribution in [0.4, 0.5) is 0 Å². The molecule has 1 aliphatic rings. The minimum Gasteiger partial charge on any atom is -0.467 e.